The lowest BCUT2D eigenvalue weighted by Gasteiger charge is -2.04. The molecule has 4 aromatic rings. The second kappa shape index (κ2) is 7.62. The third kappa shape index (κ3) is 3.79. The fourth-order valence-corrected chi connectivity index (χ4v) is 2.97. The fraction of sp³-hybridized carbons (Fsp3) is 0. The van der Waals surface area contributed by atoms with Crippen molar-refractivity contribution in [1.82, 2.24) is 0 Å². The molecule has 0 unspecified atom stereocenters. The Morgan fingerprint density at radius 3 is 1.65 bits per heavy atom. The highest BCUT2D eigenvalue weighted by atomic mass is 14.7. The van der Waals surface area contributed by atoms with Gasteiger partial charge in [-0.2, -0.15) is 0 Å². The molecule has 0 saturated carbocycles. The molecule has 124 valence electrons. The van der Waals surface area contributed by atoms with Crippen molar-refractivity contribution in [2.75, 3.05) is 0 Å². The maximum atomic E-state index is 4.67. The number of nitrogens with zero attached hydrogens (tertiary/aromatic N) is 1. The zero-order valence-electron chi connectivity index (χ0n) is 14.4. The van der Waals surface area contributed by atoms with Crippen LogP contribution in [0.15, 0.2) is 114 Å². The van der Waals surface area contributed by atoms with E-state index in [1.807, 2.05) is 24.4 Å². The molecular weight excluding hydrogens is 314 g/mol. The summed E-state index contributed by atoms with van der Waals surface area (Å²) in [6.45, 7) is 0. The molecule has 0 amide bonds. The molecule has 0 N–H and O–H groups in total. The summed E-state index contributed by atoms with van der Waals surface area (Å²) in [4.78, 5) is 4.67. The van der Waals surface area contributed by atoms with E-state index in [0.717, 1.165) is 11.3 Å². The smallest absolute Gasteiger partial charge is 0.0636 e. The Labute approximate surface area is 154 Å². The lowest BCUT2D eigenvalue weighted by Crippen LogP contribution is -1.83. The fourth-order valence-electron chi connectivity index (χ4n) is 2.97. The van der Waals surface area contributed by atoms with Crippen molar-refractivity contribution < 1.29 is 0 Å². The SMILES string of the molecule is C(=Nc1cccc(-c2ccccc2)c1)c1cccc(-c2ccccc2)c1. The predicted octanol–water partition coefficient (Wildman–Crippen LogP) is 6.77. The molecule has 0 fully saturated rings. The highest BCUT2D eigenvalue weighted by Gasteiger charge is 1.99. The van der Waals surface area contributed by atoms with Gasteiger partial charge in [0.25, 0.3) is 0 Å². The molecule has 4 rings (SSSR count). The van der Waals surface area contributed by atoms with Gasteiger partial charge < -0.3 is 0 Å². The average Bonchev–Trinajstić information content (AvgIpc) is 2.74. The van der Waals surface area contributed by atoms with Crippen LogP contribution in [0.3, 0.4) is 0 Å². The van der Waals surface area contributed by atoms with Crippen LogP contribution in [0, 0.1) is 0 Å². The quantitative estimate of drug-likeness (QED) is 0.365. The minimum Gasteiger partial charge on any atom is -0.256 e. The summed E-state index contributed by atoms with van der Waals surface area (Å²) in [7, 11) is 0. The Morgan fingerprint density at radius 1 is 0.462 bits per heavy atom. The second-order valence-electron chi connectivity index (χ2n) is 6.17. The Balaban J connectivity index is 1.59. The van der Waals surface area contributed by atoms with Crippen LogP contribution >= 0.6 is 0 Å². The van der Waals surface area contributed by atoms with E-state index in [1.165, 1.54) is 22.3 Å². The molecule has 4 aromatic carbocycles. The van der Waals surface area contributed by atoms with Crippen molar-refractivity contribution in [3.63, 3.8) is 0 Å². The molecule has 0 saturated heterocycles. The highest BCUT2D eigenvalue weighted by molar-refractivity contribution is 5.84. The van der Waals surface area contributed by atoms with Gasteiger partial charge in [0.15, 0.2) is 0 Å². The van der Waals surface area contributed by atoms with Crippen molar-refractivity contribution >= 4 is 11.9 Å². The maximum Gasteiger partial charge on any atom is 0.0636 e. The summed E-state index contributed by atoms with van der Waals surface area (Å²) in [5.41, 5.74) is 6.85. The van der Waals surface area contributed by atoms with Gasteiger partial charge in [-0.05, 0) is 46.0 Å². The van der Waals surface area contributed by atoms with Crippen LogP contribution in [0.1, 0.15) is 5.56 Å². The van der Waals surface area contributed by atoms with Crippen LogP contribution in [0.2, 0.25) is 0 Å². The number of hydrogen-bond donors (Lipinski definition) is 0. The molecular formula is C25H19N. The van der Waals surface area contributed by atoms with Crippen LogP contribution in [0.25, 0.3) is 22.3 Å². The third-order valence-electron chi connectivity index (χ3n) is 4.31. The summed E-state index contributed by atoms with van der Waals surface area (Å²) in [6, 6.07) is 37.6. The van der Waals surface area contributed by atoms with Crippen molar-refractivity contribution in [1.29, 1.82) is 0 Å². The first-order chi connectivity index (χ1) is 12.9. The normalized spacial score (nSPS) is 10.9. The van der Waals surface area contributed by atoms with Gasteiger partial charge >= 0.3 is 0 Å². The van der Waals surface area contributed by atoms with E-state index in [9.17, 15) is 0 Å². The Kier molecular flexibility index (Phi) is 4.70. The van der Waals surface area contributed by atoms with Gasteiger partial charge in [0.2, 0.25) is 0 Å². The van der Waals surface area contributed by atoms with Gasteiger partial charge in [-0.1, -0.05) is 91.0 Å². The van der Waals surface area contributed by atoms with E-state index in [0.29, 0.717) is 0 Å². The van der Waals surface area contributed by atoms with Crippen LogP contribution in [0.4, 0.5) is 5.69 Å². The summed E-state index contributed by atoms with van der Waals surface area (Å²) in [6.07, 6.45) is 1.93. The van der Waals surface area contributed by atoms with E-state index >= 15 is 0 Å². The van der Waals surface area contributed by atoms with E-state index in [4.69, 9.17) is 0 Å². The zero-order valence-corrected chi connectivity index (χ0v) is 14.4. The molecule has 0 aliphatic heterocycles. The van der Waals surface area contributed by atoms with Gasteiger partial charge in [-0.3, -0.25) is 4.99 Å². The molecule has 0 bridgehead atoms. The molecule has 0 radical (unpaired) electrons. The van der Waals surface area contributed by atoms with Crippen molar-refractivity contribution in [2.24, 2.45) is 4.99 Å². The minimum absolute atomic E-state index is 0.955. The number of benzene rings is 4. The molecule has 0 heterocycles. The molecule has 1 heteroatoms. The molecule has 0 atom stereocenters. The highest BCUT2D eigenvalue weighted by Crippen LogP contribution is 2.24. The monoisotopic (exact) mass is 333 g/mol. The Hall–Kier alpha value is -3.45. The van der Waals surface area contributed by atoms with Crippen LogP contribution in [-0.4, -0.2) is 6.21 Å². The molecule has 26 heavy (non-hydrogen) atoms. The minimum atomic E-state index is 0.955. The molecule has 0 spiro atoms. The van der Waals surface area contributed by atoms with E-state index in [2.05, 4.69) is 96.0 Å². The molecule has 0 aliphatic rings. The summed E-state index contributed by atoms with van der Waals surface area (Å²) >= 11 is 0. The van der Waals surface area contributed by atoms with Crippen molar-refractivity contribution in [2.45, 2.75) is 0 Å². The molecule has 0 aliphatic carbocycles. The van der Waals surface area contributed by atoms with Gasteiger partial charge in [0.05, 0.1) is 5.69 Å². The largest absolute Gasteiger partial charge is 0.256 e. The van der Waals surface area contributed by atoms with Gasteiger partial charge in [0.1, 0.15) is 0 Å². The van der Waals surface area contributed by atoms with Crippen LogP contribution < -0.4 is 0 Å². The van der Waals surface area contributed by atoms with Crippen molar-refractivity contribution in [3.05, 3.63) is 115 Å². The topological polar surface area (TPSA) is 12.4 Å². The average molecular weight is 333 g/mol. The zero-order chi connectivity index (χ0) is 17.6. The standard InChI is InChI=1S/C25H19N/c1-3-10-21(11-4-1)23-14-7-9-20(17-23)19-26-25-16-8-15-24(18-25)22-12-5-2-6-13-22/h1-19H. The predicted molar refractivity (Wildman–Crippen MR) is 111 cm³/mol. The Morgan fingerprint density at radius 2 is 1.00 bits per heavy atom. The van der Waals surface area contributed by atoms with E-state index in [-0.39, 0.29) is 0 Å². The molecule has 0 aromatic heterocycles. The van der Waals surface area contributed by atoms with E-state index < -0.39 is 0 Å². The van der Waals surface area contributed by atoms with Gasteiger partial charge in [0, 0.05) is 6.21 Å². The van der Waals surface area contributed by atoms with Crippen LogP contribution in [-0.2, 0) is 0 Å². The first-order valence-corrected chi connectivity index (χ1v) is 8.73. The summed E-state index contributed by atoms with van der Waals surface area (Å²) in [5, 5.41) is 0. The number of aliphatic imine (C=N–C) groups is 1. The van der Waals surface area contributed by atoms with Crippen molar-refractivity contribution in [3.8, 4) is 22.3 Å². The first kappa shape index (κ1) is 16.0. The van der Waals surface area contributed by atoms with Crippen LogP contribution in [0.5, 0.6) is 0 Å². The number of hydrogen-bond acceptors (Lipinski definition) is 1. The number of rotatable bonds is 4. The third-order valence-corrected chi connectivity index (χ3v) is 4.31. The first-order valence-electron chi connectivity index (χ1n) is 8.73. The second-order valence-corrected chi connectivity index (χ2v) is 6.17. The maximum absolute atomic E-state index is 4.67. The Bertz CT molecular complexity index is 933. The summed E-state index contributed by atoms with van der Waals surface area (Å²) in [5.74, 6) is 0. The lowest BCUT2D eigenvalue weighted by atomic mass is 10.0. The molecule has 1 nitrogen and oxygen atoms in total. The van der Waals surface area contributed by atoms with Gasteiger partial charge in [-0.15, -0.1) is 0 Å². The van der Waals surface area contributed by atoms with Gasteiger partial charge in [-0.25, -0.2) is 0 Å². The lowest BCUT2D eigenvalue weighted by molar-refractivity contribution is 1.51. The van der Waals surface area contributed by atoms with E-state index in [1.54, 1.807) is 0 Å². The summed E-state index contributed by atoms with van der Waals surface area (Å²) < 4.78 is 0.